The Morgan fingerprint density at radius 1 is 1.12 bits per heavy atom. The van der Waals surface area contributed by atoms with Gasteiger partial charge in [0.1, 0.15) is 5.75 Å². The monoisotopic (exact) mass is 229 g/mol. The molecule has 3 nitrogen and oxygen atoms in total. The van der Waals surface area contributed by atoms with Gasteiger partial charge in [0, 0.05) is 0 Å². The lowest BCUT2D eigenvalue weighted by atomic mass is 10.0. The molecule has 2 aromatic rings. The molecule has 2 rings (SSSR count). The Morgan fingerprint density at radius 3 is 2.53 bits per heavy atom. The minimum atomic E-state index is -1.01. The van der Waals surface area contributed by atoms with Crippen LogP contribution in [0.4, 0.5) is 0 Å². The second kappa shape index (κ2) is 4.87. The van der Waals surface area contributed by atoms with E-state index in [-0.39, 0.29) is 6.42 Å². The molecular weight excluding hydrogens is 216 g/mol. The maximum absolute atomic E-state index is 10.4. The molecule has 0 fully saturated rings. The standard InChI is InChI=1S/C14H13O3/c1-17-13-6-5-11-8-10(3-7-14(15)16)2-4-12(11)9-13/h2,4-6,8-9H,3,7H2,1H3. The van der Waals surface area contributed by atoms with Gasteiger partial charge < -0.3 is 4.74 Å². The third-order valence-corrected chi connectivity index (χ3v) is 2.73. The Hall–Kier alpha value is -2.03. The summed E-state index contributed by atoms with van der Waals surface area (Å²) in [4.78, 5) is 10.4. The first-order valence-corrected chi connectivity index (χ1v) is 5.45. The van der Waals surface area contributed by atoms with Crippen LogP contribution in [0.25, 0.3) is 10.8 Å². The smallest absolute Gasteiger partial charge is 0.355 e. The molecule has 0 atom stereocenters. The quantitative estimate of drug-likeness (QED) is 0.809. The molecule has 87 valence electrons. The molecule has 0 spiro atoms. The van der Waals surface area contributed by atoms with E-state index in [1.807, 2.05) is 36.4 Å². The van der Waals surface area contributed by atoms with E-state index in [9.17, 15) is 9.90 Å². The Bertz CT molecular complexity index is 546. The Labute approximate surface area is 99.6 Å². The zero-order chi connectivity index (χ0) is 12.3. The van der Waals surface area contributed by atoms with Crippen LogP contribution < -0.4 is 4.74 Å². The molecule has 0 amide bonds. The fourth-order valence-electron chi connectivity index (χ4n) is 1.80. The van der Waals surface area contributed by atoms with Crippen LogP contribution in [0.2, 0.25) is 0 Å². The van der Waals surface area contributed by atoms with Gasteiger partial charge in [0.25, 0.3) is 0 Å². The van der Waals surface area contributed by atoms with Gasteiger partial charge in [0.05, 0.1) is 13.5 Å². The molecule has 0 aliphatic rings. The highest BCUT2D eigenvalue weighted by Gasteiger charge is 2.02. The van der Waals surface area contributed by atoms with Gasteiger partial charge in [-0.3, -0.25) is 0 Å². The topological polar surface area (TPSA) is 46.2 Å². The van der Waals surface area contributed by atoms with Crippen molar-refractivity contribution in [2.75, 3.05) is 7.11 Å². The third-order valence-electron chi connectivity index (χ3n) is 2.73. The fourth-order valence-corrected chi connectivity index (χ4v) is 1.80. The maximum Gasteiger partial charge on any atom is 0.355 e. The number of carbonyl (C=O) groups is 1. The molecule has 3 heteroatoms. The summed E-state index contributed by atoms with van der Waals surface area (Å²) in [5, 5.41) is 12.6. The molecule has 0 bridgehead atoms. The minimum Gasteiger partial charge on any atom is -0.497 e. The summed E-state index contributed by atoms with van der Waals surface area (Å²) in [5.74, 6) is -0.195. The van der Waals surface area contributed by atoms with Crippen molar-refractivity contribution in [2.24, 2.45) is 0 Å². The van der Waals surface area contributed by atoms with Crippen molar-refractivity contribution in [1.29, 1.82) is 0 Å². The molecule has 0 aromatic heterocycles. The van der Waals surface area contributed by atoms with Crippen LogP contribution in [0.3, 0.4) is 0 Å². The van der Waals surface area contributed by atoms with Gasteiger partial charge in [-0.2, -0.15) is 0 Å². The Kier molecular flexibility index (Phi) is 3.28. The predicted molar refractivity (Wildman–Crippen MR) is 64.5 cm³/mol. The van der Waals surface area contributed by atoms with E-state index < -0.39 is 5.97 Å². The lowest BCUT2D eigenvalue weighted by Crippen LogP contribution is -1.95. The van der Waals surface area contributed by atoms with E-state index in [0.29, 0.717) is 6.42 Å². The summed E-state index contributed by atoms with van der Waals surface area (Å²) in [6, 6.07) is 11.7. The summed E-state index contributed by atoms with van der Waals surface area (Å²) in [7, 11) is 1.63. The van der Waals surface area contributed by atoms with Crippen molar-refractivity contribution >= 4 is 16.7 Å². The van der Waals surface area contributed by atoms with Gasteiger partial charge >= 0.3 is 5.97 Å². The molecule has 0 saturated heterocycles. The Morgan fingerprint density at radius 2 is 1.82 bits per heavy atom. The normalized spacial score (nSPS) is 10.4. The van der Waals surface area contributed by atoms with Crippen LogP contribution in [-0.4, -0.2) is 13.1 Å². The lowest BCUT2D eigenvalue weighted by molar-refractivity contribution is -0.143. The van der Waals surface area contributed by atoms with Crippen molar-refractivity contribution in [1.82, 2.24) is 0 Å². The largest absolute Gasteiger partial charge is 0.497 e. The van der Waals surface area contributed by atoms with E-state index in [4.69, 9.17) is 4.74 Å². The number of ether oxygens (including phenoxy) is 1. The number of fused-ring (bicyclic) bond motifs is 1. The van der Waals surface area contributed by atoms with Crippen molar-refractivity contribution < 1.29 is 14.6 Å². The van der Waals surface area contributed by atoms with Crippen molar-refractivity contribution in [2.45, 2.75) is 12.8 Å². The van der Waals surface area contributed by atoms with Crippen molar-refractivity contribution in [3.05, 3.63) is 42.0 Å². The molecule has 0 heterocycles. The predicted octanol–water partition coefficient (Wildman–Crippen LogP) is 2.74. The SMILES string of the molecule is COc1ccc2cc(CCC([O])=O)ccc2c1. The van der Waals surface area contributed by atoms with Crippen LogP contribution in [0.15, 0.2) is 36.4 Å². The molecule has 1 radical (unpaired) electrons. The van der Waals surface area contributed by atoms with Crippen LogP contribution in [0.5, 0.6) is 5.75 Å². The number of hydrogen-bond donors (Lipinski definition) is 0. The number of aryl methyl sites for hydroxylation is 1. The van der Waals surface area contributed by atoms with Gasteiger partial charge in [0.2, 0.25) is 0 Å². The Balaban J connectivity index is 2.28. The summed E-state index contributed by atoms with van der Waals surface area (Å²) < 4.78 is 5.15. The van der Waals surface area contributed by atoms with Gasteiger partial charge in [-0.25, -0.2) is 9.90 Å². The van der Waals surface area contributed by atoms with Crippen LogP contribution in [0, 0.1) is 0 Å². The minimum absolute atomic E-state index is 0.0572. The molecular formula is C14H13O3. The number of hydrogen-bond acceptors (Lipinski definition) is 2. The number of carbonyl (C=O) groups excluding carboxylic acids is 1. The molecule has 0 aliphatic carbocycles. The van der Waals surface area contributed by atoms with Gasteiger partial charge in [-0.1, -0.05) is 24.3 Å². The summed E-state index contributed by atoms with van der Waals surface area (Å²) in [5.41, 5.74) is 1.01. The van der Waals surface area contributed by atoms with E-state index in [0.717, 1.165) is 22.1 Å². The zero-order valence-corrected chi connectivity index (χ0v) is 9.60. The molecule has 2 aromatic carbocycles. The summed E-state index contributed by atoms with van der Waals surface area (Å²) in [6.07, 6.45) is 0.561. The average molecular weight is 229 g/mol. The molecule has 0 N–H and O–H groups in total. The van der Waals surface area contributed by atoms with Crippen molar-refractivity contribution in [3.63, 3.8) is 0 Å². The van der Waals surface area contributed by atoms with E-state index >= 15 is 0 Å². The van der Waals surface area contributed by atoms with Crippen molar-refractivity contribution in [3.8, 4) is 5.75 Å². The zero-order valence-electron chi connectivity index (χ0n) is 9.60. The molecule has 17 heavy (non-hydrogen) atoms. The molecule has 0 saturated carbocycles. The lowest BCUT2D eigenvalue weighted by Gasteiger charge is -2.04. The van der Waals surface area contributed by atoms with Gasteiger partial charge in [-0.05, 0) is 34.9 Å². The van der Waals surface area contributed by atoms with Gasteiger partial charge in [0.15, 0.2) is 0 Å². The number of methoxy groups -OCH3 is 1. The first kappa shape index (κ1) is 11.5. The number of benzene rings is 2. The molecule has 0 unspecified atom stereocenters. The van der Waals surface area contributed by atoms with E-state index in [2.05, 4.69) is 0 Å². The molecule has 0 aliphatic heterocycles. The maximum atomic E-state index is 10.4. The van der Waals surface area contributed by atoms with Crippen LogP contribution in [-0.2, 0) is 16.3 Å². The second-order valence-corrected chi connectivity index (χ2v) is 3.92. The van der Waals surface area contributed by atoms with E-state index in [1.54, 1.807) is 7.11 Å². The highest BCUT2D eigenvalue weighted by Crippen LogP contribution is 2.22. The first-order chi connectivity index (χ1) is 8.19. The highest BCUT2D eigenvalue weighted by atomic mass is 16.5. The average Bonchev–Trinajstić information content (AvgIpc) is 2.35. The number of rotatable bonds is 4. The summed E-state index contributed by atoms with van der Waals surface area (Å²) in [6.45, 7) is 0. The van der Waals surface area contributed by atoms with Gasteiger partial charge in [-0.15, -0.1) is 0 Å². The van der Waals surface area contributed by atoms with Crippen LogP contribution in [0.1, 0.15) is 12.0 Å². The third kappa shape index (κ3) is 2.75. The first-order valence-electron chi connectivity index (χ1n) is 5.45. The summed E-state index contributed by atoms with van der Waals surface area (Å²) >= 11 is 0. The van der Waals surface area contributed by atoms with E-state index in [1.165, 1.54) is 0 Å². The second-order valence-electron chi connectivity index (χ2n) is 3.92. The fraction of sp³-hybridized carbons (Fsp3) is 0.214. The van der Waals surface area contributed by atoms with Crippen LogP contribution >= 0.6 is 0 Å². The highest BCUT2D eigenvalue weighted by molar-refractivity contribution is 5.84.